The van der Waals surface area contributed by atoms with E-state index in [1.54, 1.807) is 47.7 Å². The number of hydrogen-bond donors (Lipinski definition) is 2. The number of amides is 2. The van der Waals surface area contributed by atoms with Crippen LogP contribution in [0.4, 0.5) is 11.4 Å². The van der Waals surface area contributed by atoms with Crippen LogP contribution in [0.25, 0.3) is 11.3 Å². The summed E-state index contributed by atoms with van der Waals surface area (Å²) in [6, 6.07) is 17.5. The number of carbonyl (C=O) groups is 2. The number of anilines is 2. The molecule has 0 saturated carbocycles. The lowest BCUT2D eigenvalue weighted by Crippen LogP contribution is -2.20. The minimum atomic E-state index is -0.366. The summed E-state index contributed by atoms with van der Waals surface area (Å²) in [6.45, 7) is 1.78. The van der Waals surface area contributed by atoms with E-state index in [9.17, 15) is 9.59 Å². The van der Waals surface area contributed by atoms with E-state index in [4.69, 9.17) is 9.15 Å². The van der Waals surface area contributed by atoms with Crippen molar-refractivity contribution in [2.45, 2.75) is 6.92 Å². The van der Waals surface area contributed by atoms with Crippen molar-refractivity contribution in [3.05, 3.63) is 83.1 Å². The van der Waals surface area contributed by atoms with E-state index < -0.39 is 0 Å². The van der Waals surface area contributed by atoms with E-state index in [0.29, 0.717) is 17.1 Å². The third-order valence-electron chi connectivity index (χ3n) is 4.27. The van der Waals surface area contributed by atoms with Crippen molar-refractivity contribution in [2.75, 3.05) is 17.2 Å². The Bertz CT molecular complexity index is 1200. The zero-order valence-electron chi connectivity index (χ0n) is 16.6. The smallest absolute Gasteiger partial charge is 0.291 e. The van der Waals surface area contributed by atoms with Crippen molar-refractivity contribution < 1.29 is 18.7 Å². The molecule has 4 aromatic rings. The number of nitrogens with one attached hydrogen (secondary N) is 2. The SMILES string of the molecule is Cc1nc(-c2cccc(NC(=O)COc3cccc(NC(=O)c4ccco4)c3)c2)cs1. The van der Waals surface area contributed by atoms with Gasteiger partial charge in [-0.3, -0.25) is 9.59 Å². The molecule has 4 rings (SSSR count). The summed E-state index contributed by atoms with van der Waals surface area (Å²) >= 11 is 1.58. The van der Waals surface area contributed by atoms with E-state index >= 15 is 0 Å². The van der Waals surface area contributed by atoms with Gasteiger partial charge in [0.05, 0.1) is 17.0 Å². The Kier molecular flexibility index (Phi) is 6.09. The van der Waals surface area contributed by atoms with Crippen molar-refractivity contribution in [1.29, 1.82) is 0 Å². The maximum absolute atomic E-state index is 12.3. The van der Waals surface area contributed by atoms with Crippen molar-refractivity contribution >= 4 is 34.5 Å². The van der Waals surface area contributed by atoms with Crippen molar-refractivity contribution in [1.82, 2.24) is 4.98 Å². The summed E-state index contributed by atoms with van der Waals surface area (Å²) in [4.78, 5) is 28.9. The summed E-state index contributed by atoms with van der Waals surface area (Å²) in [7, 11) is 0. The second kappa shape index (κ2) is 9.27. The molecule has 2 aromatic carbocycles. The normalized spacial score (nSPS) is 10.5. The topological polar surface area (TPSA) is 93.5 Å². The molecular formula is C23H19N3O4S. The van der Waals surface area contributed by atoms with Crippen LogP contribution >= 0.6 is 11.3 Å². The fourth-order valence-electron chi connectivity index (χ4n) is 2.86. The Morgan fingerprint density at radius 1 is 1.03 bits per heavy atom. The van der Waals surface area contributed by atoms with Gasteiger partial charge >= 0.3 is 0 Å². The van der Waals surface area contributed by atoms with Crippen LogP contribution < -0.4 is 15.4 Å². The predicted octanol–water partition coefficient (Wildman–Crippen LogP) is 4.98. The van der Waals surface area contributed by atoms with E-state index in [1.807, 2.05) is 36.6 Å². The van der Waals surface area contributed by atoms with Gasteiger partial charge in [0, 0.05) is 28.4 Å². The Morgan fingerprint density at radius 3 is 2.58 bits per heavy atom. The van der Waals surface area contributed by atoms with Gasteiger partial charge in [-0.05, 0) is 43.3 Å². The Hall–Kier alpha value is -3.91. The first-order valence-corrected chi connectivity index (χ1v) is 10.3. The fourth-order valence-corrected chi connectivity index (χ4v) is 3.48. The van der Waals surface area contributed by atoms with Crippen LogP contribution in [-0.2, 0) is 4.79 Å². The first-order chi connectivity index (χ1) is 15.1. The lowest BCUT2D eigenvalue weighted by Gasteiger charge is -2.10. The number of ether oxygens (including phenoxy) is 1. The molecule has 0 bridgehead atoms. The summed E-state index contributed by atoms with van der Waals surface area (Å²) < 4.78 is 10.6. The van der Waals surface area contributed by atoms with E-state index in [0.717, 1.165) is 16.3 Å². The molecule has 31 heavy (non-hydrogen) atoms. The van der Waals surface area contributed by atoms with Gasteiger partial charge in [0.2, 0.25) is 0 Å². The molecule has 2 amide bonds. The van der Waals surface area contributed by atoms with Crippen LogP contribution in [0, 0.1) is 6.92 Å². The van der Waals surface area contributed by atoms with Crippen LogP contribution in [0.2, 0.25) is 0 Å². The molecule has 0 unspecified atom stereocenters. The van der Waals surface area contributed by atoms with Gasteiger partial charge in [-0.25, -0.2) is 4.98 Å². The molecule has 0 saturated heterocycles. The van der Waals surface area contributed by atoms with E-state index in [2.05, 4.69) is 15.6 Å². The van der Waals surface area contributed by atoms with E-state index in [-0.39, 0.29) is 24.2 Å². The summed E-state index contributed by atoms with van der Waals surface area (Å²) in [5.41, 5.74) is 3.01. The molecule has 0 aliphatic carbocycles. The average Bonchev–Trinajstić information content (AvgIpc) is 3.45. The number of benzene rings is 2. The third-order valence-corrected chi connectivity index (χ3v) is 5.04. The molecule has 2 aromatic heterocycles. The monoisotopic (exact) mass is 433 g/mol. The predicted molar refractivity (Wildman–Crippen MR) is 120 cm³/mol. The first kappa shape index (κ1) is 20.4. The molecule has 0 aliphatic heterocycles. The number of furan rings is 1. The summed E-state index contributed by atoms with van der Waals surface area (Å²) in [6.07, 6.45) is 1.43. The lowest BCUT2D eigenvalue weighted by atomic mass is 10.1. The average molecular weight is 433 g/mol. The van der Waals surface area contributed by atoms with Gasteiger partial charge in [-0.15, -0.1) is 11.3 Å². The second-order valence-corrected chi connectivity index (χ2v) is 7.69. The van der Waals surface area contributed by atoms with Gasteiger partial charge < -0.3 is 19.8 Å². The minimum Gasteiger partial charge on any atom is -0.484 e. The van der Waals surface area contributed by atoms with Crippen LogP contribution in [0.3, 0.4) is 0 Å². The summed E-state index contributed by atoms with van der Waals surface area (Å²) in [5, 5.41) is 8.51. The number of aromatic nitrogens is 1. The highest BCUT2D eigenvalue weighted by atomic mass is 32.1. The van der Waals surface area contributed by atoms with Gasteiger partial charge in [0.15, 0.2) is 12.4 Å². The number of carbonyl (C=O) groups excluding carboxylic acids is 2. The Morgan fingerprint density at radius 2 is 1.84 bits per heavy atom. The van der Waals surface area contributed by atoms with Crippen LogP contribution in [0.15, 0.2) is 76.7 Å². The largest absolute Gasteiger partial charge is 0.484 e. The molecule has 0 fully saturated rings. The molecule has 0 radical (unpaired) electrons. The second-order valence-electron chi connectivity index (χ2n) is 6.63. The number of nitrogens with zero attached hydrogens (tertiary/aromatic N) is 1. The first-order valence-electron chi connectivity index (χ1n) is 9.47. The number of aryl methyl sites for hydroxylation is 1. The maximum atomic E-state index is 12.3. The number of thiazole rings is 1. The number of hydrogen-bond acceptors (Lipinski definition) is 6. The van der Waals surface area contributed by atoms with Gasteiger partial charge in [-0.2, -0.15) is 0 Å². The molecule has 2 N–H and O–H groups in total. The van der Waals surface area contributed by atoms with Crippen molar-refractivity contribution in [2.24, 2.45) is 0 Å². The maximum Gasteiger partial charge on any atom is 0.291 e. The molecule has 0 spiro atoms. The molecule has 7 nitrogen and oxygen atoms in total. The van der Waals surface area contributed by atoms with Gasteiger partial charge in [-0.1, -0.05) is 18.2 Å². The highest BCUT2D eigenvalue weighted by molar-refractivity contribution is 7.09. The van der Waals surface area contributed by atoms with Crippen LogP contribution in [0.1, 0.15) is 15.6 Å². The number of rotatable bonds is 7. The Labute approximate surface area is 182 Å². The van der Waals surface area contributed by atoms with Gasteiger partial charge in [0.25, 0.3) is 11.8 Å². The van der Waals surface area contributed by atoms with Gasteiger partial charge in [0.1, 0.15) is 5.75 Å². The Balaban J connectivity index is 1.33. The highest BCUT2D eigenvalue weighted by Crippen LogP contribution is 2.24. The van der Waals surface area contributed by atoms with Crippen molar-refractivity contribution in [3.8, 4) is 17.0 Å². The van der Waals surface area contributed by atoms with Crippen molar-refractivity contribution in [3.63, 3.8) is 0 Å². The highest BCUT2D eigenvalue weighted by Gasteiger charge is 2.10. The third kappa shape index (κ3) is 5.37. The molecule has 0 atom stereocenters. The van der Waals surface area contributed by atoms with Crippen LogP contribution in [0.5, 0.6) is 5.75 Å². The summed E-state index contributed by atoms with van der Waals surface area (Å²) in [5.74, 6) is 0.00606. The quantitative estimate of drug-likeness (QED) is 0.429. The lowest BCUT2D eigenvalue weighted by molar-refractivity contribution is -0.118. The molecule has 156 valence electrons. The zero-order chi connectivity index (χ0) is 21.6. The fraction of sp³-hybridized carbons (Fsp3) is 0.0870. The standard InChI is InChI=1S/C23H19N3O4S/c1-15-24-20(14-31-15)16-5-2-6-17(11-16)25-22(27)13-30-19-8-3-7-18(12-19)26-23(28)21-9-4-10-29-21/h2-12,14H,13H2,1H3,(H,25,27)(H,26,28). The molecule has 2 heterocycles. The molecular weight excluding hydrogens is 414 g/mol. The molecule has 8 heteroatoms. The van der Waals surface area contributed by atoms with Crippen LogP contribution in [-0.4, -0.2) is 23.4 Å². The zero-order valence-corrected chi connectivity index (χ0v) is 17.4. The molecule has 0 aliphatic rings. The van der Waals surface area contributed by atoms with E-state index in [1.165, 1.54) is 6.26 Å². The minimum absolute atomic E-state index is 0.171.